The number of Topliss-reactive ketones (excluding diaryl/α,β-unsaturated/α-hetero) is 1. The van der Waals surface area contributed by atoms with Gasteiger partial charge in [0.25, 0.3) is 5.95 Å². The second-order valence-corrected chi connectivity index (χ2v) is 5.86. The van der Waals surface area contributed by atoms with Crippen LogP contribution in [0.5, 0.6) is 0 Å². The lowest BCUT2D eigenvalue weighted by atomic mass is 10.2. The molecule has 1 aliphatic heterocycles. The Balaban J connectivity index is 2.10. The molecule has 0 unspecified atom stereocenters. The van der Waals surface area contributed by atoms with Gasteiger partial charge in [-0.1, -0.05) is 11.8 Å². The number of carbonyl (C=O) groups is 1. The molecule has 0 bridgehead atoms. The second-order valence-electron chi connectivity index (χ2n) is 4.78. The molecule has 0 aromatic carbocycles. The number of ketones is 1. The Kier molecular flexibility index (Phi) is 2.97. The number of aryl methyl sites for hydroxylation is 2. The van der Waals surface area contributed by atoms with Crippen LogP contribution in [0.4, 0.5) is 0 Å². The molecule has 7 nitrogen and oxygen atoms in total. The predicted octanol–water partition coefficient (Wildman–Crippen LogP) is 1.37. The van der Waals surface area contributed by atoms with E-state index in [2.05, 4.69) is 20.4 Å². The van der Waals surface area contributed by atoms with Crippen LogP contribution in [0.3, 0.4) is 0 Å². The molecule has 3 rings (SSSR count). The highest BCUT2D eigenvalue weighted by Crippen LogP contribution is 2.29. The van der Waals surface area contributed by atoms with Gasteiger partial charge in [0.05, 0.1) is 11.4 Å². The first kappa shape index (κ1) is 13.0. The first-order valence-corrected chi connectivity index (χ1v) is 7.07. The molecule has 8 heteroatoms. The smallest absolute Gasteiger partial charge is 0.274 e. The number of carbonyl (C=O) groups excluding carboxylic acids is 1. The summed E-state index contributed by atoms with van der Waals surface area (Å²) in [6.45, 7) is 7.27. The monoisotopic (exact) mass is 290 g/mol. The van der Waals surface area contributed by atoms with E-state index in [1.54, 1.807) is 16.3 Å². The Bertz CT molecular complexity index is 728. The highest BCUT2D eigenvalue weighted by Gasteiger charge is 2.29. The van der Waals surface area contributed by atoms with Crippen LogP contribution >= 0.6 is 11.8 Å². The van der Waals surface area contributed by atoms with E-state index >= 15 is 0 Å². The number of rotatable bonds is 2. The maximum atomic E-state index is 11.6. The summed E-state index contributed by atoms with van der Waals surface area (Å²) in [5, 5.41) is 17.4. The van der Waals surface area contributed by atoms with Gasteiger partial charge in [0.2, 0.25) is 5.16 Å². The zero-order valence-electron chi connectivity index (χ0n) is 11.7. The third kappa shape index (κ3) is 1.96. The summed E-state index contributed by atoms with van der Waals surface area (Å²) < 4.78 is 3.34. The lowest BCUT2D eigenvalue weighted by Crippen LogP contribution is -2.27. The summed E-state index contributed by atoms with van der Waals surface area (Å²) in [5.74, 6) is 0.609. The lowest BCUT2D eigenvalue weighted by Gasteiger charge is -2.18. The number of thioether (sulfide) groups is 1. The Hall–Kier alpha value is -1.96. The summed E-state index contributed by atoms with van der Waals surface area (Å²) in [6, 6.07) is 1.96. The predicted molar refractivity (Wildman–Crippen MR) is 75.5 cm³/mol. The fourth-order valence-corrected chi connectivity index (χ4v) is 3.06. The van der Waals surface area contributed by atoms with E-state index in [4.69, 9.17) is 0 Å². The average molecular weight is 290 g/mol. The lowest BCUT2D eigenvalue weighted by molar-refractivity contribution is -0.115. The quantitative estimate of drug-likeness (QED) is 0.834. The van der Waals surface area contributed by atoms with Gasteiger partial charge >= 0.3 is 0 Å². The van der Waals surface area contributed by atoms with Gasteiger partial charge in [0.1, 0.15) is 11.0 Å². The number of hydrogen-bond donors (Lipinski definition) is 0. The first-order chi connectivity index (χ1) is 9.47. The van der Waals surface area contributed by atoms with Crippen LogP contribution in [0.15, 0.2) is 16.3 Å². The Morgan fingerprint density at radius 2 is 2.05 bits per heavy atom. The summed E-state index contributed by atoms with van der Waals surface area (Å²) in [5.41, 5.74) is 2.62. The Morgan fingerprint density at radius 3 is 2.65 bits per heavy atom. The van der Waals surface area contributed by atoms with Gasteiger partial charge < -0.3 is 0 Å². The summed E-state index contributed by atoms with van der Waals surface area (Å²) in [4.78, 5) is 11.6. The molecule has 0 saturated carbocycles. The minimum atomic E-state index is -0.278. The highest BCUT2D eigenvalue weighted by atomic mass is 32.2. The molecular formula is C12H14N6OS. The molecule has 0 spiro atoms. The van der Waals surface area contributed by atoms with Crippen LogP contribution in [0.1, 0.15) is 25.2 Å². The fourth-order valence-electron chi connectivity index (χ4n) is 2.16. The van der Waals surface area contributed by atoms with Crippen molar-refractivity contribution in [1.29, 1.82) is 0 Å². The molecule has 2 aromatic rings. The van der Waals surface area contributed by atoms with Gasteiger partial charge in [-0.25, -0.2) is 4.68 Å². The molecule has 1 aliphatic rings. The van der Waals surface area contributed by atoms with E-state index in [1.165, 1.54) is 11.8 Å². The normalized spacial score (nSPS) is 17.8. The number of fused-ring (bicyclic) bond motifs is 1. The molecule has 0 radical (unpaired) electrons. The van der Waals surface area contributed by atoms with Crippen LogP contribution < -0.4 is 0 Å². The molecule has 0 saturated heterocycles. The van der Waals surface area contributed by atoms with Crippen LogP contribution in [-0.2, 0) is 4.79 Å². The van der Waals surface area contributed by atoms with E-state index in [0.717, 1.165) is 17.1 Å². The third-order valence-electron chi connectivity index (χ3n) is 3.02. The van der Waals surface area contributed by atoms with Gasteiger partial charge in [0.15, 0.2) is 0 Å². The number of aromatic nitrogens is 5. The van der Waals surface area contributed by atoms with E-state index in [1.807, 2.05) is 26.8 Å². The van der Waals surface area contributed by atoms with E-state index in [0.29, 0.717) is 11.1 Å². The van der Waals surface area contributed by atoms with Crippen molar-refractivity contribution in [2.24, 2.45) is 5.10 Å². The molecule has 104 valence electrons. The second kappa shape index (κ2) is 4.55. The standard InChI is InChI=1S/C12H14N6OS/c1-6-5-7(2)17(15-6)11-13-14-12-18(11)16-8(3)10(20-12)9(4)19/h5,10H,1-4H3/t10-/m0/s1. The van der Waals surface area contributed by atoms with Gasteiger partial charge in [-0.3, -0.25) is 4.79 Å². The molecule has 0 amide bonds. The van der Waals surface area contributed by atoms with E-state index in [-0.39, 0.29) is 11.0 Å². The van der Waals surface area contributed by atoms with Crippen LogP contribution in [0.25, 0.3) is 5.95 Å². The van der Waals surface area contributed by atoms with Crippen molar-refractivity contribution in [3.63, 3.8) is 0 Å². The molecular weight excluding hydrogens is 276 g/mol. The maximum Gasteiger partial charge on any atom is 0.274 e. The van der Waals surface area contributed by atoms with Crippen LogP contribution in [0.2, 0.25) is 0 Å². The van der Waals surface area contributed by atoms with Crippen molar-refractivity contribution >= 4 is 23.3 Å². The first-order valence-electron chi connectivity index (χ1n) is 6.19. The Morgan fingerprint density at radius 1 is 1.30 bits per heavy atom. The van der Waals surface area contributed by atoms with Crippen molar-refractivity contribution in [2.45, 2.75) is 38.1 Å². The molecule has 0 fully saturated rings. The molecule has 20 heavy (non-hydrogen) atoms. The van der Waals surface area contributed by atoms with Gasteiger partial charge in [-0.15, -0.1) is 10.2 Å². The highest BCUT2D eigenvalue weighted by molar-refractivity contribution is 8.01. The van der Waals surface area contributed by atoms with Gasteiger partial charge in [-0.2, -0.15) is 14.9 Å². The topological polar surface area (TPSA) is 78.0 Å². The largest absolute Gasteiger partial charge is 0.298 e. The summed E-state index contributed by atoms with van der Waals surface area (Å²) in [6.07, 6.45) is 0. The van der Waals surface area contributed by atoms with Gasteiger partial charge in [0, 0.05) is 5.69 Å². The van der Waals surface area contributed by atoms with Gasteiger partial charge in [-0.05, 0) is 33.8 Å². The number of nitrogens with zero attached hydrogens (tertiary/aromatic N) is 6. The number of hydrogen-bond acceptors (Lipinski definition) is 6. The maximum absolute atomic E-state index is 11.6. The van der Waals surface area contributed by atoms with E-state index < -0.39 is 0 Å². The van der Waals surface area contributed by atoms with Crippen molar-refractivity contribution in [1.82, 2.24) is 24.7 Å². The zero-order chi connectivity index (χ0) is 14.4. The van der Waals surface area contributed by atoms with Crippen molar-refractivity contribution in [2.75, 3.05) is 0 Å². The molecule has 0 aliphatic carbocycles. The van der Waals surface area contributed by atoms with Crippen LogP contribution in [-0.4, -0.2) is 41.4 Å². The van der Waals surface area contributed by atoms with E-state index in [9.17, 15) is 4.79 Å². The van der Waals surface area contributed by atoms with Crippen molar-refractivity contribution < 1.29 is 4.79 Å². The summed E-state index contributed by atoms with van der Waals surface area (Å²) >= 11 is 1.37. The Labute approximate surface area is 120 Å². The SMILES string of the molecule is CC(=O)[C@H]1Sc2nnc(-n3nc(C)cc3C)n2N=C1C. The molecule has 3 heterocycles. The minimum absolute atomic E-state index is 0.0677. The van der Waals surface area contributed by atoms with Crippen molar-refractivity contribution in [3.05, 3.63) is 17.5 Å². The molecule has 0 N–H and O–H groups in total. The minimum Gasteiger partial charge on any atom is -0.298 e. The molecule has 1 atom stereocenters. The third-order valence-corrected chi connectivity index (χ3v) is 4.40. The van der Waals surface area contributed by atoms with Crippen molar-refractivity contribution in [3.8, 4) is 5.95 Å². The summed E-state index contributed by atoms with van der Waals surface area (Å²) in [7, 11) is 0. The fraction of sp³-hybridized carbons (Fsp3) is 0.417. The molecule has 2 aromatic heterocycles. The zero-order valence-corrected chi connectivity index (χ0v) is 12.5. The average Bonchev–Trinajstić information content (AvgIpc) is 2.90. The van der Waals surface area contributed by atoms with Crippen LogP contribution in [0, 0.1) is 13.8 Å².